The van der Waals surface area contributed by atoms with Gasteiger partial charge in [0, 0.05) is 12.4 Å². The first kappa shape index (κ1) is 16.8. The zero-order chi connectivity index (χ0) is 17.8. The van der Waals surface area contributed by atoms with Gasteiger partial charge in [-0.3, -0.25) is 9.88 Å². The quantitative estimate of drug-likeness (QED) is 0.655. The molecule has 3 heteroatoms. The van der Waals surface area contributed by atoms with E-state index in [9.17, 15) is 0 Å². The van der Waals surface area contributed by atoms with Crippen LogP contribution in [0.15, 0.2) is 73.1 Å². The maximum Gasteiger partial charge on any atom is 0.119 e. The van der Waals surface area contributed by atoms with Crippen molar-refractivity contribution in [1.82, 2.24) is 9.88 Å². The van der Waals surface area contributed by atoms with Crippen molar-refractivity contribution in [3.05, 3.63) is 84.2 Å². The van der Waals surface area contributed by atoms with Crippen molar-refractivity contribution in [3.63, 3.8) is 0 Å². The van der Waals surface area contributed by atoms with Crippen LogP contribution in [-0.4, -0.2) is 30.1 Å². The van der Waals surface area contributed by atoms with Crippen LogP contribution in [0.5, 0.6) is 5.75 Å². The normalized spacial score (nSPS) is 15.7. The van der Waals surface area contributed by atoms with Gasteiger partial charge >= 0.3 is 0 Å². The van der Waals surface area contributed by atoms with Crippen molar-refractivity contribution in [1.29, 1.82) is 0 Å². The lowest BCUT2D eigenvalue weighted by Gasteiger charge is -2.28. The molecule has 0 amide bonds. The Morgan fingerprint density at radius 1 is 0.846 bits per heavy atom. The number of rotatable bonds is 5. The van der Waals surface area contributed by atoms with E-state index in [0.29, 0.717) is 6.04 Å². The Bertz CT molecular complexity index is 840. The highest BCUT2D eigenvalue weighted by Gasteiger charge is 2.24. The second-order valence-corrected chi connectivity index (χ2v) is 6.78. The molecule has 1 aliphatic rings. The van der Waals surface area contributed by atoms with Gasteiger partial charge in [0.05, 0.1) is 13.2 Å². The zero-order valence-corrected chi connectivity index (χ0v) is 15.1. The Balaban J connectivity index is 1.66. The van der Waals surface area contributed by atoms with Gasteiger partial charge in [0.25, 0.3) is 0 Å². The van der Waals surface area contributed by atoms with E-state index in [1.165, 1.54) is 35.1 Å². The topological polar surface area (TPSA) is 25.4 Å². The summed E-state index contributed by atoms with van der Waals surface area (Å²) in [5.41, 5.74) is 5.04. The van der Waals surface area contributed by atoms with Gasteiger partial charge in [-0.15, -0.1) is 0 Å². The number of hydrogen-bond acceptors (Lipinski definition) is 3. The van der Waals surface area contributed by atoms with Crippen molar-refractivity contribution in [2.45, 2.75) is 18.9 Å². The van der Waals surface area contributed by atoms with Crippen molar-refractivity contribution < 1.29 is 4.74 Å². The van der Waals surface area contributed by atoms with Crippen LogP contribution in [0.2, 0.25) is 0 Å². The van der Waals surface area contributed by atoms with Gasteiger partial charge in [-0.2, -0.15) is 0 Å². The summed E-state index contributed by atoms with van der Waals surface area (Å²) in [5.74, 6) is 0.887. The first-order valence-electron chi connectivity index (χ1n) is 9.23. The Kier molecular flexibility index (Phi) is 4.98. The van der Waals surface area contributed by atoms with E-state index in [1.54, 1.807) is 7.11 Å². The molecule has 0 N–H and O–H groups in total. The first-order chi connectivity index (χ1) is 12.8. The average molecular weight is 344 g/mol. The monoisotopic (exact) mass is 344 g/mol. The van der Waals surface area contributed by atoms with Gasteiger partial charge in [0.2, 0.25) is 0 Å². The van der Waals surface area contributed by atoms with Crippen molar-refractivity contribution in [2.24, 2.45) is 0 Å². The molecule has 0 aliphatic carbocycles. The van der Waals surface area contributed by atoms with Crippen LogP contribution in [0, 0.1) is 0 Å². The largest absolute Gasteiger partial charge is 0.497 e. The Hall–Kier alpha value is -2.65. The third-order valence-corrected chi connectivity index (χ3v) is 5.16. The second-order valence-electron chi connectivity index (χ2n) is 6.78. The summed E-state index contributed by atoms with van der Waals surface area (Å²) in [4.78, 5) is 6.77. The molecule has 0 radical (unpaired) electrons. The molecule has 1 unspecified atom stereocenters. The van der Waals surface area contributed by atoms with Crippen LogP contribution < -0.4 is 4.74 Å². The third-order valence-electron chi connectivity index (χ3n) is 5.16. The first-order valence-corrected chi connectivity index (χ1v) is 9.23. The molecule has 1 aliphatic heterocycles. The van der Waals surface area contributed by atoms with Crippen LogP contribution in [0.25, 0.3) is 11.1 Å². The fourth-order valence-electron chi connectivity index (χ4n) is 3.82. The molecule has 1 atom stereocenters. The van der Waals surface area contributed by atoms with Gasteiger partial charge in [-0.05, 0) is 72.5 Å². The van der Waals surface area contributed by atoms with Crippen molar-refractivity contribution >= 4 is 0 Å². The summed E-state index contributed by atoms with van der Waals surface area (Å²) in [6, 6.07) is 21.8. The summed E-state index contributed by atoms with van der Waals surface area (Å²) >= 11 is 0. The molecule has 1 aromatic heterocycles. The summed E-state index contributed by atoms with van der Waals surface area (Å²) < 4.78 is 5.35. The molecule has 2 aromatic carbocycles. The van der Waals surface area contributed by atoms with E-state index in [1.807, 2.05) is 24.5 Å². The SMILES string of the molecule is COc1cccc(-c2ccc(C(c3ccncc3)N3CCCC3)cc2)c1. The number of methoxy groups -OCH3 is 1. The molecule has 3 nitrogen and oxygen atoms in total. The fourth-order valence-corrected chi connectivity index (χ4v) is 3.82. The van der Waals surface area contributed by atoms with Crippen molar-refractivity contribution in [3.8, 4) is 16.9 Å². The predicted molar refractivity (Wildman–Crippen MR) is 105 cm³/mol. The lowest BCUT2D eigenvalue weighted by atomic mass is 9.95. The third kappa shape index (κ3) is 3.49. The molecule has 4 rings (SSSR count). The maximum atomic E-state index is 5.35. The average Bonchev–Trinajstić information content (AvgIpc) is 3.24. The molecule has 0 saturated carbocycles. The predicted octanol–water partition coefficient (Wildman–Crippen LogP) is 4.94. The molecule has 0 bridgehead atoms. The summed E-state index contributed by atoms with van der Waals surface area (Å²) in [7, 11) is 1.71. The number of benzene rings is 2. The van der Waals surface area contributed by atoms with Gasteiger partial charge < -0.3 is 4.74 Å². The van der Waals surface area contributed by atoms with Gasteiger partial charge in [0.1, 0.15) is 5.75 Å². The van der Waals surface area contributed by atoms with Crippen LogP contribution in [-0.2, 0) is 0 Å². The number of ether oxygens (including phenoxy) is 1. The molecular weight excluding hydrogens is 320 g/mol. The van der Waals surface area contributed by atoms with E-state index in [0.717, 1.165) is 18.8 Å². The molecule has 132 valence electrons. The van der Waals surface area contributed by atoms with E-state index in [2.05, 4.69) is 58.4 Å². The van der Waals surface area contributed by atoms with E-state index < -0.39 is 0 Å². The lowest BCUT2D eigenvalue weighted by Crippen LogP contribution is -2.26. The fraction of sp³-hybridized carbons (Fsp3) is 0.261. The number of hydrogen-bond donors (Lipinski definition) is 0. The van der Waals surface area contributed by atoms with Crippen LogP contribution in [0.1, 0.15) is 30.0 Å². The minimum absolute atomic E-state index is 0.305. The number of likely N-dealkylation sites (tertiary alicyclic amines) is 1. The van der Waals surface area contributed by atoms with Gasteiger partial charge in [0.15, 0.2) is 0 Å². The van der Waals surface area contributed by atoms with E-state index in [-0.39, 0.29) is 0 Å². The number of aromatic nitrogens is 1. The number of nitrogens with zero attached hydrogens (tertiary/aromatic N) is 2. The van der Waals surface area contributed by atoms with Crippen molar-refractivity contribution in [2.75, 3.05) is 20.2 Å². The van der Waals surface area contributed by atoms with Crippen LogP contribution >= 0.6 is 0 Å². The lowest BCUT2D eigenvalue weighted by molar-refractivity contribution is 0.281. The highest BCUT2D eigenvalue weighted by Crippen LogP contribution is 2.33. The minimum atomic E-state index is 0.305. The van der Waals surface area contributed by atoms with Gasteiger partial charge in [-0.1, -0.05) is 36.4 Å². The molecule has 26 heavy (non-hydrogen) atoms. The molecular formula is C23H24N2O. The van der Waals surface area contributed by atoms with Crippen LogP contribution in [0.3, 0.4) is 0 Å². The number of pyridine rings is 1. The summed E-state index contributed by atoms with van der Waals surface area (Å²) in [5, 5.41) is 0. The highest BCUT2D eigenvalue weighted by molar-refractivity contribution is 5.65. The smallest absolute Gasteiger partial charge is 0.119 e. The minimum Gasteiger partial charge on any atom is -0.497 e. The summed E-state index contributed by atoms with van der Waals surface area (Å²) in [6.07, 6.45) is 6.35. The van der Waals surface area contributed by atoms with E-state index >= 15 is 0 Å². The van der Waals surface area contributed by atoms with Gasteiger partial charge in [-0.25, -0.2) is 0 Å². The summed E-state index contributed by atoms with van der Waals surface area (Å²) in [6.45, 7) is 2.31. The molecule has 0 spiro atoms. The Labute approximate surface area is 155 Å². The Morgan fingerprint density at radius 3 is 2.23 bits per heavy atom. The zero-order valence-electron chi connectivity index (χ0n) is 15.1. The molecule has 2 heterocycles. The Morgan fingerprint density at radius 2 is 1.54 bits per heavy atom. The molecule has 1 fully saturated rings. The molecule has 1 saturated heterocycles. The standard InChI is InChI=1S/C23H24N2O/c1-26-22-6-4-5-21(17-22)18-7-9-19(10-8-18)23(25-15-2-3-16-25)20-11-13-24-14-12-20/h4-14,17,23H,2-3,15-16H2,1H3. The molecule has 3 aromatic rings. The second kappa shape index (κ2) is 7.71. The van der Waals surface area contributed by atoms with E-state index in [4.69, 9.17) is 4.74 Å². The van der Waals surface area contributed by atoms with Crippen LogP contribution in [0.4, 0.5) is 0 Å². The maximum absolute atomic E-state index is 5.35. The highest BCUT2D eigenvalue weighted by atomic mass is 16.5.